The Labute approximate surface area is 158 Å². The molecule has 1 aromatic carbocycles. The maximum absolute atomic E-state index is 14.3. The Morgan fingerprint density at radius 1 is 1.21 bits per heavy atom. The fourth-order valence-electron chi connectivity index (χ4n) is 3.17. The monoisotopic (exact) mass is 385 g/mol. The molecular formula is C19H17F2N5O2. The van der Waals surface area contributed by atoms with Crippen LogP contribution in [0, 0.1) is 11.6 Å². The largest absolute Gasteiger partial charge is 0.494 e. The van der Waals surface area contributed by atoms with E-state index < -0.39 is 17.7 Å². The first-order valence-corrected chi connectivity index (χ1v) is 8.61. The fourth-order valence-corrected chi connectivity index (χ4v) is 3.17. The van der Waals surface area contributed by atoms with Crippen LogP contribution in [-0.2, 0) is 6.42 Å². The van der Waals surface area contributed by atoms with Gasteiger partial charge in [0.1, 0.15) is 17.5 Å². The van der Waals surface area contributed by atoms with E-state index in [1.54, 1.807) is 16.9 Å². The van der Waals surface area contributed by atoms with Crippen LogP contribution in [-0.4, -0.2) is 36.6 Å². The van der Waals surface area contributed by atoms with Crippen molar-refractivity contribution in [1.82, 2.24) is 24.4 Å². The van der Waals surface area contributed by atoms with Gasteiger partial charge < -0.3 is 9.84 Å². The standard InChI is InChI=1S/C19H17F2N5O2/c1-3-11-4-5-12-8-22-10-25(12)18(11)19(27)15-9-26(24-23-15)16-6-14(21)17(28-2)7-13(16)20/h4-10,19,27H,3H2,1-2H3/t19-/m0/s1. The second kappa shape index (κ2) is 7.01. The van der Waals surface area contributed by atoms with Crippen LogP contribution in [0.15, 0.2) is 43.0 Å². The quantitative estimate of drug-likeness (QED) is 0.572. The molecule has 0 fully saturated rings. The number of hydrogen-bond donors (Lipinski definition) is 1. The van der Waals surface area contributed by atoms with E-state index in [-0.39, 0.29) is 17.1 Å². The van der Waals surface area contributed by atoms with Crippen molar-refractivity contribution in [3.63, 3.8) is 0 Å². The van der Waals surface area contributed by atoms with Gasteiger partial charge in [-0.1, -0.05) is 18.2 Å². The zero-order valence-corrected chi connectivity index (χ0v) is 15.2. The predicted molar refractivity (Wildman–Crippen MR) is 96.5 cm³/mol. The molecule has 0 aliphatic carbocycles. The molecule has 0 aliphatic heterocycles. The Kier molecular flexibility index (Phi) is 4.52. The summed E-state index contributed by atoms with van der Waals surface area (Å²) in [4.78, 5) is 4.11. The summed E-state index contributed by atoms with van der Waals surface area (Å²) in [5, 5.41) is 18.7. The third-order valence-corrected chi connectivity index (χ3v) is 4.61. The molecule has 0 unspecified atom stereocenters. The van der Waals surface area contributed by atoms with Crippen LogP contribution in [0.2, 0.25) is 0 Å². The lowest BCUT2D eigenvalue weighted by Crippen LogP contribution is -2.10. The van der Waals surface area contributed by atoms with Crippen LogP contribution in [0.3, 0.4) is 0 Å². The Balaban J connectivity index is 1.77. The topological polar surface area (TPSA) is 77.5 Å². The predicted octanol–water partition coefficient (Wildman–Crippen LogP) is 2.85. The number of aliphatic hydroxyl groups excluding tert-OH is 1. The highest BCUT2D eigenvalue weighted by atomic mass is 19.1. The Bertz CT molecular complexity index is 1150. The van der Waals surface area contributed by atoms with E-state index in [2.05, 4.69) is 15.3 Å². The lowest BCUT2D eigenvalue weighted by Gasteiger charge is -2.15. The summed E-state index contributed by atoms with van der Waals surface area (Å²) in [6.45, 7) is 1.97. The van der Waals surface area contributed by atoms with Crippen molar-refractivity contribution in [1.29, 1.82) is 0 Å². The van der Waals surface area contributed by atoms with Crippen molar-refractivity contribution in [2.75, 3.05) is 7.11 Å². The lowest BCUT2D eigenvalue weighted by atomic mass is 10.0. The van der Waals surface area contributed by atoms with E-state index >= 15 is 0 Å². The number of nitrogens with zero attached hydrogens (tertiary/aromatic N) is 5. The second-order valence-electron chi connectivity index (χ2n) is 6.21. The molecule has 3 aromatic heterocycles. The molecule has 0 saturated heterocycles. The number of fused-ring (bicyclic) bond motifs is 1. The molecule has 3 heterocycles. The molecule has 28 heavy (non-hydrogen) atoms. The highest BCUT2D eigenvalue weighted by molar-refractivity contribution is 5.49. The molecule has 4 rings (SSSR count). The number of benzene rings is 1. The number of halogens is 2. The number of ether oxygens (including phenoxy) is 1. The van der Waals surface area contributed by atoms with Crippen molar-refractivity contribution >= 4 is 5.52 Å². The summed E-state index contributed by atoms with van der Waals surface area (Å²) in [6, 6.07) is 5.73. The molecular weight excluding hydrogens is 368 g/mol. The lowest BCUT2D eigenvalue weighted by molar-refractivity contribution is 0.207. The number of rotatable bonds is 5. The van der Waals surface area contributed by atoms with Crippen LogP contribution in [0.4, 0.5) is 8.78 Å². The summed E-state index contributed by atoms with van der Waals surface area (Å²) in [5.41, 5.74) is 2.40. The summed E-state index contributed by atoms with van der Waals surface area (Å²) in [5.74, 6) is -1.66. The van der Waals surface area contributed by atoms with Crippen molar-refractivity contribution < 1.29 is 18.6 Å². The van der Waals surface area contributed by atoms with E-state index in [1.807, 2.05) is 19.1 Å². The molecule has 1 N–H and O–H groups in total. The zero-order chi connectivity index (χ0) is 19.8. The molecule has 0 aliphatic rings. The van der Waals surface area contributed by atoms with E-state index in [4.69, 9.17) is 4.74 Å². The van der Waals surface area contributed by atoms with Gasteiger partial charge in [0.2, 0.25) is 0 Å². The summed E-state index contributed by atoms with van der Waals surface area (Å²) in [6.07, 6.45) is 4.22. The molecule has 0 amide bonds. The summed E-state index contributed by atoms with van der Waals surface area (Å²) in [7, 11) is 1.25. The molecule has 0 bridgehead atoms. The van der Waals surface area contributed by atoms with Crippen LogP contribution in [0.5, 0.6) is 5.75 Å². The van der Waals surface area contributed by atoms with Gasteiger partial charge in [-0.05, 0) is 18.1 Å². The van der Waals surface area contributed by atoms with Crippen LogP contribution in [0.25, 0.3) is 11.2 Å². The van der Waals surface area contributed by atoms with Gasteiger partial charge in [-0.15, -0.1) is 5.10 Å². The molecule has 9 heteroatoms. The Morgan fingerprint density at radius 3 is 2.79 bits per heavy atom. The van der Waals surface area contributed by atoms with Crippen LogP contribution in [0.1, 0.15) is 30.0 Å². The number of aliphatic hydroxyl groups is 1. The van der Waals surface area contributed by atoms with Crippen LogP contribution < -0.4 is 4.74 Å². The van der Waals surface area contributed by atoms with E-state index in [0.717, 1.165) is 27.9 Å². The third kappa shape index (κ3) is 2.89. The molecule has 4 aromatic rings. The number of pyridine rings is 1. The van der Waals surface area contributed by atoms with Gasteiger partial charge in [-0.2, -0.15) is 0 Å². The molecule has 0 saturated carbocycles. The van der Waals surface area contributed by atoms with Crippen molar-refractivity contribution in [3.05, 3.63) is 71.6 Å². The zero-order valence-electron chi connectivity index (χ0n) is 15.2. The van der Waals surface area contributed by atoms with Gasteiger partial charge in [0.15, 0.2) is 17.4 Å². The summed E-state index contributed by atoms with van der Waals surface area (Å²) >= 11 is 0. The number of aryl methyl sites for hydroxylation is 1. The minimum absolute atomic E-state index is 0.138. The van der Waals surface area contributed by atoms with Crippen molar-refractivity contribution in [2.45, 2.75) is 19.4 Å². The van der Waals surface area contributed by atoms with Gasteiger partial charge in [-0.3, -0.25) is 4.40 Å². The minimum Gasteiger partial charge on any atom is -0.494 e. The van der Waals surface area contributed by atoms with Gasteiger partial charge in [0.05, 0.1) is 37.0 Å². The normalized spacial score (nSPS) is 12.5. The minimum atomic E-state index is -1.12. The highest BCUT2D eigenvalue weighted by Gasteiger charge is 2.22. The third-order valence-electron chi connectivity index (χ3n) is 4.61. The molecule has 144 valence electrons. The molecule has 1 atom stereocenters. The SMILES string of the molecule is CCc1ccc2cncn2c1[C@@H](O)c1cn(-c2cc(F)c(OC)cc2F)nn1. The van der Waals surface area contributed by atoms with Crippen LogP contribution >= 0.6 is 0 Å². The average molecular weight is 385 g/mol. The van der Waals surface area contributed by atoms with Gasteiger partial charge >= 0.3 is 0 Å². The first-order valence-electron chi connectivity index (χ1n) is 8.61. The molecule has 0 radical (unpaired) electrons. The van der Waals surface area contributed by atoms with E-state index in [0.29, 0.717) is 12.1 Å². The Hall–Kier alpha value is -3.33. The van der Waals surface area contributed by atoms with E-state index in [9.17, 15) is 13.9 Å². The number of aromatic nitrogens is 5. The second-order valence-corrected chi connectivity index (χ2v) is 6.21. The maximum atomic E-state index is 14.3. The number of imidazole rings is 1. The van der Waals surface area contributed by atoms with Gasteiger partial charge in [0, 0.05) is 12.1 Å². The summed E-state index contributed by atoms with van der Waals surface area (Å²) < 4.78 is 35.9. The maximum Gasteiger partial charge on any atom is 0.167 e. The smallest absolute Gasteiger partial charge is 0.167 e. The Morgan fingerprint density at radius 2 is 2.04 bits per heavy atom. The first kappa shape index (κ1) is 18.1. The number of methoxy groups -OCH3 is 1. The fraction of sp³-hybridized carbons (Fsp3) is 0.211. The molecule has 0 spiro atoms. The first-order chi connectivity index (χ1) is 13.5. The van der Waals surface area contributed by atoms with Crippen molar-refractivity contribution in [3.8, 4) is 11.4 Å². The van der Waals surface area contributed by atoms with Gasteiger partial charge in [0.25, 0.3) is 0 Å². The average Bonchev–Trinajstić information content (AvgIpc) is 3.37. The molecule has 7 nitrogen and oxygen atoms in total. The highest BCUT2D eigenvalue weighted by Crippen LogP contribution is 2.27. The van der Waals surface area contributed by atoms with E-state index in [1.165, 1.54) is 13.3 Å². The van der Waals surface area contributed by atoms with Gasteiger partial charge in [-0.25, -0.2) is 18.4 Å². The number of hydrogen-bond acceptors (Lipinski definition) is 5. The van der Waals surface area contributed by atoms with Crippen molar-refractivity contribution in [2.24, 2.45) is 0 Å².